The molecule has 0 fully saturated rings. The van der Waals surface area contributed by atoms with Gasteiger partial charge in [-0.1, -0.05) is 0 Å². The molecule has 17 nitrogen and oxygen atoms in total. The number of alkyl halides is 6. The smallest absolute Gasteiger partial charge is 0.451 e. The van der Waals surface area contributed by atoms with Gasteiger partial charge in [-0.25, -0.2) is 35.9 Å². The summed E-state index contributed by atoms with van der Waals surface area (Å²) >= 11 is 0. The largest absolute Gasteiger partial charge is 0.481 e. The lowest BCUT2D eigenvalue weighted by Crippen LogP contribution is -2.45. The number of aromatic nitrogens is 6. The van der Waals surface area contributed by atoms with E-state index in [1.54, 1.807) is 41.5 Å². The number of aliphatic carboxylic acids is 1. The molecule has 29 heteroatoms. The molecule has 0 spiro atoms. The monoisotopic (exact) mass is 1030 g/mol. The van der Waals surface area contributed by atoms with Crippen molar-refractivity contribution in [3.8, 4) is 0 Å². The second kappa shape index (κ2) is 23.0. The van der Waals surface area contributed by atoms with Crippen LogP contribution in [0.2, 0.25) is 0 Å². The Morgan fingerprint density at radius 3 is 1.48 bits per heavy atom. The molecule has 6 rings (SSSR count). The number of nitrogens with zero attached hydrogens (tertiary/aromatic N) is 7. The summed E-state index contributed by atoms with van der Waals surface area (Å²) in [6.45, 7) is 10.2. The third-order valence-electron chi connectivity index (χ3n) is 9.63. The number of carbonyl (C=O) groups is 4. The van der Waals surface area contributed by atoms with Gasteiger partial charge in [0, 0.05) is 56.8 Å². The van der Waals surface area contributed by atoms with E-state index in [-0.39, 0.29) is 56.0 Å². The number of halogens is 12. The number of ether oxygens (including phenoxy) is 2. The van der Waals surface area contributed by atoms with E-state index < -0.39 is 119 Å². The van der Waals surface area contributed by atoms with Gasteiger partial charge in [-0.05, 0) is 77.6 Å². The third-order valence-corrected chi connectivity index (χ3v) is 9.63. The van der Waals surface area contributed by atoms with Crippen LogP contribution in [-0.4, -0.2) is 100.0 Å². The van der Waals surface area contributed by atoms with Crippen LogP contribution in [-0.2, 0) is 70.4 Å². The highest BCUT2D eigenvalue weighted by Crippen LogP contribution is 2.30. The molecule has 2 aromatic carbocycles. The summed E-state index contributed by atoms with van der Waals surface area (Å²) in [6, 6.07) is -0.149. The summed E-state index contributed by atoms with van der Waals surface area (Å²) in [5.41, 5.74) is -2.22. The third kappa shape index (κ3) is 17.3. The predicted octanol–water partition coefficient (Wildman–Crippen LogP) is 7.00. The zero-order valence-electron chi connectivity index (χ0n) is 38.6. The molecule has 3 amide bonds. The maximum absolute atomic E-state index is 14.2. The molecule has 392 valence electrons. The molecular formula is C42H48F12N10O7. The number of carbonyl (C=O) groups excluding carboxylic acids is 3. The van der Waals surface area contributed by atoms with Crippen molar-refractivity contribution in [2.24, 2.45) is 0 Å². The Kier molecular flexibility index (Phi) is 18.5. The molecule has 71 heavy (non-hydrogen) atoms. The van der Waals surface area contributed by atoms with Crippen molar-refractivity contribution in [1.82, 2.24) is 50.4 Å². The van der Waals surface area contributed by atoms with Gasteiger partial charge in [0.05, 0.1) is 19.5 Å². The Bertz CT molecular complexity index is 2540. The van der Waals surface area contributed by atoms with E-state index in [1.165, 1.54) is 4.90 Å². The highest BCUT2D eigenvalue weighted by atomic mass is 19.4. The molecular weight excluding hydrogens is 985 g/mol. The Hall–Kier alpha value is -6.68. The molecule has 2 aliphatic heterocycles. The van der Waals surface area contributed by atoms with Crippen LogP contribution in [0.4, 0.5) is 62.3 Å². The van der Waals surface area contributed by atoms with Gasteiger partial charge < -0.3 is 44.6 Å². The zero-order valence-corrected chi connectivity index (χ0v) is 38.6. The lowest BCUT2D eigenvalue weighted by molar-refractivity contribution is -0.148. The first-order valence-corrected chi connectivity index (χ1v) is 21.1. The first-order chi connectivity index (χ1) is 32.7. The Labute approximate surface area is 396 Å². The predicted molar refractivity (Wildman–Crippen MR) is 220 cm³/mol. The van der Waals surface area contributed by atoms with Gasteiger partial charge in [-0.15, -0.1) is 20.4 Å². The summed E-state index contributed by atoms with van der Waals surface area (Å²) in [5.74, 6) is -11.0. The molecule has 0 aliphatic carbocycles. The summed E-state index contributed by atoms with van der Waals surface area (Å²) in [4.78, 5) is 48.9. The van der Waals surface area contributed by atoms with Gasteiger partial charge in [0.25, 0.3) is 0 Å². The second-order valence-corrected chi connectivity index (χ2v) is 17.8. The molecule has 4 N–H and O–H groups in total. The van der Waals surface area contributed by atoms with Crippen LogP contribution in [0.15, 0.2) is 24.3 Å². The van der Waals surface area contributed by atoms with Crippen LogP contribution in [0.3, 0.4) is 0 Å². The highest BCUT2D eigenvalue weighted by Gasteiger charge is 2.41. The number of nitrogens with one attached hydrogen (secondary N) is 3. The number of carboxylic acids is 1. The first kappa shape index (κ1) is 56.9. The van der Waals surface area contributed by atoms with Crippen molar-refractivity contribution in [3.05, 3.63) is 93.6 Å². The number of amides is 3. The molecule has 0 radical (unpaired) electrons. The van der Waals surface area contributed by atoms with Gasteiger partial charge in [0.15, 0.2) is 29.1 Å². The SMILES string of the molecule is CC(C)(C)OC(=O)N[C@@H](CC(=O)N1CCn2c(nnc2C(F)(F)F)C1)Cc1cc(F)c(F)cc1F.CC(C)(C)OC(=O)N[C@@H](CC(=O)O)Cc1cc(F)c(F)cc1F.FC(F)(F)c1nnc2n1CCNC2. The lowest BCUT2D eigenvalue weighted by atomic mass is 10.0. The average molecular weight is 1030 g/mol. The normalized spacial score (nSPS) is 14.6. The summed E-state index contributed by atoms with van der Waals surface area (Å²) in [5, 5.41) is 29.7. The number of rotatable bonds is 10. The minimum atomic E-state index is -4.70. The zero-order chi connectivity index (χ0) is 53.4. The minimum Gasteiger partial charge on any atom is -0.481 e. The van der Waals surface area contributed by atoms with Crippen molar-refractivity contribution in [2.45, 2.75) is 129 Å². The summed E-state index contributed by atoms with van der Waals surface area (Å²) in [6.07, 6.45) is -12.6. The topological polar surface area (TPSA) is 208 Å². The van der Waals surface area contributed by atoms with Crippen LogP contribution in [0.5, 0.6) is 0 Å². The van der Waals surface area contributed by atoms with Crippen LogP contribution >= 0.6 is 0 Å². The maximum Gasteiger partial charge on any atom is 0.451 e. The van der Waals surface area contributed by atoms with Crippen LogP contribution in [0.25, 0.3) is 0 Å². The van der Waals surface area contributed by atoms with E-state index >= 15 is 0 Å². The van der Waals surface area contributed by atoms with Gasteiger partial charge >= 0.3 is 30.5 Å². The van der Waals surface area contributed by atoms with E-state index in [9.17, 15) is 71.9 Å². The second-order valence-electron chi connectivity index (χ2n) is 17.8. The highest BCUT2D eigenvalue weighted by molar-refractivity contribution is 5.78. The molecule has 4 heterocycles. The van der Waals surface area contributed by atoms with Crippen LogP contribution < -0.4 is 16.0 Å². The lowest BCUT2D eigenvalue weighted by Gasteiger charge is -2.30. The fraction of sp³-hybridized carbons (Fsp3) is 0.524. The van der Waals surface area contributed by atoms with Gasteiger partial charge in [0.2, 0.25) is 17.6 Å². The number of carboxylic acid groups (broad SMARTS) is 1. The summed E-state index contributed by atoms with van der Waals surface area (Å²) < 4.78 is 169. The molecule has 2 aromatic heterocycles. The number of hydrogen-bond acceptors (Lipinski definition) is 11. The van der Waals surface area contributed by atoms with E-state index in [0.29, 0.717) is 43.2 Å². The van der Waals surface area contributed by atoms with E-state index in [4.69, 9.17) is 14.6 Å². The van der Waals surface area contributed by atoms with E-state index in [2.05, 4.69) is 36.3 Å². The Balaban J connectivity index is 0.000000259. The molecule has 2 atom stereocenters. The maximum atomic E-state index is 14.2. The van der Waals surface area contributed by atoms with Crippen molar-refractivity contribution >= 4 is 24.1 Å². The average Bonchev–Trinajstić information content (AvgIpc) is 3.86. The first-order valence-electron chi connectivity index (χ1n) is 21.1. The number of benzene rings is 2. The van der Waals surface area contributed by atoms with E-state index in [1.807, 2.05) is 0 Å². The van der Waals surface area contributed by atoms with Crippen molar-refractivity contribution in [1.29, 1.82) is 0 Å². The molecule has 4 aromatic rings. The van der Waals surface area contributed by atoms with Crippen molar-refractivity contribution in [2.75, 3.05) is 13.1 Å². The van der Waals surface area contributed by atoms with Crippen LogP contribution in [0, 0.1) is 34.9 Å². The molecule has 0 bridgehead atoms. The minimum absolute atomic E-state index is 0.0692. The molecule has 2 aliphatic rings. The van der Waals surface area contributed by atoms with Crippen molar-refractivity contribution in [3.63, 3.8) is 0 Å². The summed E-state index contributed by atoms with van der Waals surface area (Å²) in [7, 11) is 0. The van der Waals surface area contributed by atoms with Gasteiger partial charge in [0.1, 0.15) is 28.7 Å². The van der Waals surface area contributed by atoms with Crippen molar-refractivity contribution < 1.29 is 86.4 Å². The fourth-order valence-corrected chi connectivity index (χ4v) is 6.70. The van der Waals surface area contributed by atoms with Gasteiger partial charge in [-0.2, -0.15) is 26.3 Å². The standard InChI is InChI=1S/C21H23F6N5O3.C15H18F3NO4.C6H7F3N4/c1-20(2,3)35-19(34)28-12(6-11-7-14(23)15(24)9-13(11)22)8-17(33)31-4-5-32-16(10-31)29-30-18(32)21(25,26)27;1-15(2,3)23-14(22)19-9(6-13(20)21)4-8-5-11(17)12(18)7-10(8)16;7-6(8,9)5-12-11-4-3-10-1-2-13(4)5/h7,9,12H,4-6,8,10H2,1-3H3,(H,28,34);5,7,9H,4,6H2,1-3H3,(H,19,22)(H,20,21);10H,1-3H2/t12-;9-;/m11./s1. The Morgan fingerprint density at radius 2 is 1.04 bits per heavy atom. The Morgan fingerprint density at radius 1 is 0.620 bits per heavy atom. The number of fused-ring (bicyclic) bond motifs is 2. The molecule has 0 saturated carbocycles. The molecule has 0 saturated heterocycles. The van der Waals surface area contributed by atoms with Gasteiger partial charge in [-0.3, -0.25) is 9.59 Å². The number of hydrogen-bond donors (Lipinski definition) is 4. The quantitative estimate of drug-likeness (QED) is 0.0936. The molecule has 0 unspecified atom stereocenters. The van der Waals surface area contributed by atoms with Crippen LogP contribution in [0.1, 0.15) is 88.8 Å². The number of alkyl carbamates (subject to hydrolysis) is 2. The van der Waals surface area contributed by atoms with E-state index in [0.717, 1.165) is 9.13 Å². The fourth-order valence-electron chi connectivity index (χ4n) is 6.70.